The van der Waals surface area contributed by atoms with E-state index in [2.05, 4.69) is 9.97 Å². The number of H-pyrrole nitrogens is 1. The van der Waals surface area contributed by atoms with Crippen LogP contribution in [0.4, 0.5) is 0 Å². The molecule has 0 amide bonds. The van der Waals surface area contributed by atoms with Crippen molar-refractivity contribution in [2.75, 3.05) is 5.75 Å². The quantitative estimate of drug-likeness (QED) is 0.715. The van der Waals surface area contributed by atoms with Crippen LogP contribution in [0, 0.1) is 6.92 Å². The third kappa shape index (κ3) is 3.70. The minimum Gasteiger partial charge on any atom is -0.549 e. The number of aryl methyl sites for hydroxylation is 3. The SMILES string of the molecule is Cc1cccc(/C=C(\SCC(=O)[O-])c2nc3sc4c(c3c(=O)[nH]2)CCC4)c1. The number of rotatable bonds is 5. The minimum absolute atomic E-state index is 0.154. The van der Waals surface area contributed by atoms with Crippen molar-refractivity contribution in [2.24, 2.45) is 0 Å². The number of aliphatic carboxylic acids is 1. The maximum absolute atomic E-state index is 12.7. The predicted octanol–water partition coefficient (Wildman–Crippen LogP) is 2.76. The van der Waals surface area contributed by atoms with Gasteiger partial charge in [-0.05, 0) is 43.4 Å². The lowest BCUT2D eigenvalue weighted by Crippen LogP contribution is -2.24. The van der Waals surface area contributed by atoms with Gasteiger partial charge in [-0.1, -0.05) is 29.8 Å². The van der Waals surface area contributed by atoms with E-state index in [4.69, 9.17) is 0 Å². The van der Waals surface area contributed by atoms with Gasteiger partial charge in [0.05, 0.1) is 16.3 Å². The molecule has 138 valence electrons. The fourth-order valence-corrected chi connectivity index (χ4v) is 5.33. The normalized spacial score (nSPS) is 13.9. The molecular formula is C20H17N2O3S2-. The van der Waals surface area contributed by atoms with Crippen molar-refractivity contribution < 1.29 is 9.90 Å². The maximum atomic E-state index is 12.7. The van der Waals surface area contributed by atoms with Gasteiger partial charge in [-0.2, -0.15) is 0 Å². The molecule has 0 spiro atoms. The molecule has 1 aliphatic rings. The second-order valence-corrected chi connectivity index (χ2v) is 8.64. The summed E-state index contributed by atoms with van der Waals surface area (Å²) in [7, 11) is 0. The van der Waals surface area contributed by atoms with Crippen LogP contribution in [0.3, 0.4) is 0 Å². The summed E-state index contributed by atoms with van der Waals surface area (Å²) in [6.07, 6.45) is 4.85. The molecule has 5 nitrogen and oxygen atoms in total. The molecule has 0 aliphatic heterocycles. The second-order valence-electron chi connectivity index (χ2n) is 6.54. The van der Waals surface area contributed by atoms with Gasteiger partial charge in [0.1, 0.15) is 10.7 Å². The van der Waals surface area contributed by atoms with Gasteiger partial charge in [0.15, 0.2) is 0 Å². The second kappa shape index (κ2) is 7.32. The zero-order valence-electron chi connectivity index (χ0n) is 14.7. The Morgan fingerprint density at radius 1 is 1.41 bits per heavy atom. The lowest BCUT2D eigenvalue weighted by Gasteiger charge is -2.08. The molecule has 7 heteroatoms. The summed E-state index contributed by atoms with van der Waals surface area (Å²) in [5.74, 6) is -0.964. The number of carbonyl (C=O) groups excluding carboxylic acids is 1. The lowest BCUT2D eigenvalue weighted by atomic mass is 10.1. The summed E-state index contributed by atoms with van der Waals surface area (Å²) in [4.78, 5) is 33.8. The monoisotopic (exact) mass is 397 g/mol. The predicted molar refractivity (Wildman–Crippen MR) is 109 cm³/mol. The highest BCUT2D eigenvalue weighted by atomic mass is 32.2. The summed E-state index contributed by atoms with van der Waals surface area (Å²) in [5.41, 5.74) is 2.99. The van der Waals surface area contributed by atoms with Crippen LogP contribution in [0.2, 0.25) is 0 Å². The van der Waals surface area contributed by atoms with Crippen molar-refractivity contribution in [1.82, 2.24) is 9.97 Å². The molecule has 0 saturated carbocycles. The fourth-order valence-electron chi connectivity index (χ4n) is 3.35. The van der Waals surface area contributed by atoms with E-state index in [0.29, 0.717) is 16.1 Å². The van der Waals surface area contributed by atoms with Gasteiger partial charge in [-0.15, -0.1) is 23.1 Å². The smallest absolute Gasteiger partial charge is 0.260 e. The average Bonchev–Trinajstić information content (AvgIpc) is 3.19. The largest absolute Gasteiger partial charge is 0.549 e. The average molecular weight is 398 g/mol. The molecule has 0 bridgehead atoms. The highest BCUT2D eigenvalue weighted by molar-refractivity contribution is 8.09. The first-order chi connectivity index (χ1) is 13.0. The molecule has 1 N–H and O–H groups in total. The Balaban J connectivity index is 1.82. The zero-order valence-corrected chi connectivity index (χ0v) is 16.3. The number of carboxylic acids is 1. The highest BCUT2D eigenvalue weighted by Gasteiger charge is 2.21. The van der Waals surface area contributed by atoms with Crippen LogP contribution in [0.25, 0.3) is 21.2 Å². The number of nitrogens with one attached hydrogen (secondary N) is 1. The number of carbonyl (C=O) groups is 1. The lowest BCUT2D eigenvalue weighted by molar-refractivity contribution is -0.301. The van der Waals surface area contributed by atoms with Crippen LogP contribution < -0.4 is 10.7 Å². The molecule has 4 rings (SSSR count). The number of hydrogen-bond donors (Lipinski definition) is 1. The van der Waals surface area contributed by atoms with Gasteiger partial charge < -0.3 is 14.9 Å². The molecule has 2 aromatic heterocycles. The van der Waals surface area contributed by atoms with Gasteiger partial charge in [0, 0.05) is 10.6 Å². The Kier molecular flexibility index (Phi) is 4.88. The van der Waals surface area contributed by atoms with Gasteiger partial charge >= 0.3 is 0 Å². The van der Waals surface area contributed by atoms with Crippen molar-refractivity contribution in [3.05, 3.63) is 62.0 Å². The summed E-state index contributed by atoms with van der Waals surface area (Å²) < 4.78 is 0. The number of carboxylic acid groups (broad SMARTS) is 1. The first kappa shape index (κ1) is 18.0. The molecular weight excluding hydrogens is 380 g/mol. The fraction of sp³-hybridized carbons (Fsp3) is 0.250. The molecule has 0 fully saturated rings. The molecule has 27 heavy (non-hydrogen) atoms. The van der Waals surface area contributed by atoms with E-state index in [-0.39, 0.29) is 11.3 Å². The standard InChI is InChI=1S/C20H18N2O3S2/c1-11-4-2-5-12(8-11)9-15(26-10-16(23)24)18-21-19(25)17-13-6-3-7-14(13)27-20(17)22-18/h2,4-5,8-9H,3,6-7,10H2,1H3,(H,23,24)(H,21,22,25)/p-1/b15-9-. The van der Waals surface area contributed by atoms with E-state index < -0.39 is 5.97 Å². The Morgan fingerprint density at radius 3 is 3.04 bits per heavy atom. The molecule has 0 radical (unpaired) electrons. The van der Waals surface area contributed by atoms with Crippen molar-refractivity contribution in [1.29, 1.82) is 0 Å². The summed E-state index contributed by atoms with van der Waals surface area (Å²) in [5, 5.41) is 11.7. The Labute approximate surface area is 164 Å². The van der Waals surface area contributed by atoms with E-state index in [1.54, 1.807) is 11.3 Å². The van der Waals surface area contributed by atoms with Crippen LogP contribution in [-0.4, -0.2) is 21.7 Å². The molecule has 3 aromatic rings. The van der Waals surface area contributed by atoms with Gasteiger partial charge in [0.25, 0.3) is 5.56 Å². The molecule has 0 unspecified atom stereocenters. The van der Waals surface area contributed by atoms with Gasteiger partial charge in [0.2, 0.25) is 0 Å². The maximum Gasteiger partial charge on any atom is 0.260 e. The Bertz CT molecular complexity index is 1130. The first-order valence-electron chi connectivity index (χ1n) is 8.67. The molecule has 2 heterocycles. The zero-order chi connectivity index (χ0) is 19.0. The van der Waals surface area contributed by atoms with E-state index in [0.717, 1.165) is 52.5 Å². The van der Waals surface area contributed by atoms with Crippen molar-refractivity contribution >= 4 is 50.3 Å². The van der Waals surface area contributed by atoms with E-state index in [1.807, 2.05) is 37.3 Å². The number of aromatic amines is 1. The molecule has 0 atom stereocenters. The van der Waals surface area contributed by atoms with Crippen LogP contribution in [0.5, 0.6) is 0 Å². The van der Waals surface area contributed by atoms with Crippen molar-refractivity contribution in [3.63, 3.8) is 0 Å². The Morgan fingerprint density at radius 2 is 2.26 bits per heavy atom. The third-order valence-corrected chi connectivity index (χ3v) is 6.68. The highest BCUT2D eigenvalue weighted by Crippen LogP contribution is 2.36. The summed E-state index contributed by atoms with van der Waals surface area (Å²) >= 11 is 2.67. The van der Waals surface area contributed by atoms with E-state index in [1.165, 1.54) is 4.88 Å². The number of benzene rings is 1. The Hall–Kier alpha value is -2.38. The molecule has 0 saturated heterocycles. The number of thiophene rings is 1. The number of nitrogens with zero attached hydrogens (tertiary/aromatic N) is 1. The molecule has 1 aromatic carbocycles. The number of thioether (sulfide) groups is 1. The van der Waals surface area contributed by atoms with Gasteiger partial charge in [-0.3, -0.25) is 4.79 Å². The topological polar surface area (TPSA) is 85.9 Å². The number of hydrogen-bond acceptors (Lipinski definition) is 6. The van der Waals surface area contributed by atoms with Crippen LogP contribution in [0.15, 0.2) is 29.1 Å². The van der Waals surface area contributed by atoms with Crippen molar-refractivity contribution in [3.8, 4) is 0 Å². The third-order valence-electron chi connectivity index (χ3n) is 4.49. The summed E-state index contributed by atoms with van der Waals surface area (Å²) in [6.45, 7) is 1.99. The van der Waals surface area contributed by atoms with Crippen LogP contribution in [0.1, 0.15) is 33.8 Å². The number of fused-ring (bicyclic) bond motifs is 3. The van der Waals surface area contributed by atoms with E-state index >= 15 is 0 Å². The minimum atomic E-state index is -1.16. The van der Waals surface area contributed by atoms with E-state index in [9.17, 15) is 14.7 Å². The van der Waals surface area contributed by atoms with Crippen molar-refractivity contribution in [2.45, 2.75) is 26.2 Å². The van der Waals surface area contributed by atoms with Crippen LogP contribution >= 0.6 is 23.1 Å². The number of aromatic nitrogens is 2. The molecule has 1 aliphatic carbocycles. The first-order valence-corrected chi connectivity index (χ1v) is 10.5. The van der Waals surface area contributed by atoms with Gasteiger partial charge in [-0.25, -0.2) is 4.98 Å². The summed E-state index contributed by atoms with van der Waals surface area (Å²) in [6, 6.07) is 7.86. The van der Waals surface area contributed by atoms with Crippen LogP contribution in [-0.2, 0) is 17.6 Å².